The smallest absolute Gasteiger partial charge is 0.276 e. The van der Waals surface area contributed by atoms with E-state index in [1.54, 1.807) is 0 Å². The number of amides is 2. The number of halogens is 2. The Morgan fingerprint density at radius 3 is 2.56 bits per heavy atom. The number of fused-ring (bicyclic) bond motifs is 4. The molecule has 41 heavy (non-hydrogen) atoms. The number of rotatable bonds is 6. The molecule has 0 unspecified atom stereocenters. The quantitative estimate of drug-likeness (QED) is 0.556. The van der Waals surface area contributed by atoms with Crippen molar-refractivity contribution < 1.29 is 23.5 Å². The molecule has 220 valence electrons. The second-order valence-corrected chi connectivity index (χ2v) is 11.8. The van der Waals surface area contributed by atoms with Crippen LogP contribution in [0.3, 0.4) is 0 Å². The number of nitrogens with zero attached hydrogens (tertiary/aromatic N) is 4. The molecule has 2 saturated heterocycles. The highest BCUT2D eigenvalue weighted by molar-refractivity contribution is 5.99. The maximum atomic E-state index is 14.1. The Balaban J connectivity index is 1.29. The summed E-state index contributed by atoms with van der Waals surface area (Å²) in [4.78, 5) is 46.9. The lowest BCUT2D eigenvalue weighted by atomic mass is 9.88. The van der Waals surface area contributed by atoms with Crippen molar-refractivity contribution in [3.8, 4) is 5.75 Å². The molecule has 1 aliphatic carbocycles. The molecular weight excluding hydrogens is 532 g/mol. The van der Waals surface area contributed by atoms with E-state index < -0.39 is 28.7 Å². The van der Waals surface area contributed by atoms with Gasteiger partial charge in [-0.15, -0.1) is 0 Å². The van der Waals surface area contributed by atoms with Crippen LogP contribution in [0.2, 0.25) is 0 Å². The number of nitrogens with one attached hydrogen (secondary N) is 1. The fourth-order valence-corrected chi connectivity index (χ4v) is 7.18. The van der Waals surface area contributed by atoms with Gasteiger partial charge >= 0.3 is 0 Å². The molecular formula is C30H37F2N5O4. The van der Waals surface area contributed by atoms with Crippen LogP contribution in [0.5, 0.6) is 5.75 Å². The molecule has 1 saturated carbocycles. The molecule has 1 aromatic heterocycles. The lowest BCUT2D eigenvalue weighted by molar-refractivity contribution is -0.0659. The van der Waals surface area contributed by atoms with Crippen molar-refractivity contribution in [1.82, 2.24) is 24.6 Å². The minimum atomic E-state index is -0.944. The molecule has 2 amide bonds. The van der Waals surface area contributed by atoms with E-state index in [-0.39, 0.29) is 41.5 Å². The Kier molecular flexibility index (Phi) is 7.82. The Morgan fingerprint density at radius 2 is 1.78 bits per heavy atom. The van der Waals surface area contributed by atoms with Gasteiger partial charge in [-0.1, -0.05) is 25.3 Å². The minimum absolute atomic E-state index is 0.0508. The van der Waals surface area contributed by atoms with E-state index in [0.29, 0.717) is 12.5 Å². The summed E-state index contributed by atoms with van der Waals surface area (Å²) in [5, 5.41) is 13.5. The third kappa shape index (κ3) is 5.37. The Labute approximate surface area is 237 Å². The molecule has 6 rings (SSSR count). The van der Waals surface area contributed by atoms with Crippen LogP contribution in [0, 0.1) is 17.6 Å². The van der Waals surface area contributed by atoms with Gasteiger partial charge in [0, 0.05) is 50.0 Å². The number of hydrogen-bond donors (Lipinski definition) is 2. The van der Waals surface area contributed by atoms with E-state index in [4.69, 9.17) is 0 Å². The van der Waals surface area contributed by atoms with Crippen molar-refractivity contribution in [2.75, 3.05) is 32.7 Å². The van der Waals surface area contributed by atoms with Gasteiger partial charge in [0.1, 0.15) is 23.4 Å². The number of hydrogen-bond acceptors (Lipinski definition) is 6. The van der Waals surface area contributed by atoms with Gasteiger partial charge in [0.25, 0.3) is 11.8 Å². The summed E-state index contributed by atoms with van der Waals surface area (Å²) in [5.74, 6) is -3.14. The number of likely N-dealkylation sites (tertiary alicyclic amines) is 1. The first-order valence-corrected chi connectivity index (χ1v) is 14.8. The summed E-state index contributed by atoms with van der Waals surface area (Å²) in [6.45, 7) is 4.86. The second kappa shape index (κ2) is 11.5. The third-order valence-electron chi connectivity index (χ3n) is 9.34. The van der Waals surface area contributed by atoms with Gasteiger partial charge in [0.2, 0.25) is 5.43 Å². The summed E-state index contributed by atoms with van der Waals surface area (Å²) in [5.41, 5.74) is -1.30. The van der Waals surface area contributed by atoms with Crippen molar-refractivity contribution >= 4 is 11.8 Å². The summed E-state index contributed by atoms with van der Waals surface area (Å²) in [7, 11) is 0. The van der Waals surface area contributed by atoms with E-state index in [9.17, 15) is 28.3 Å². The summed E-state index contributed by atoms with van der Waals surface area (Å²) in [6.07, 6.45) is 8.76. The topological polar surface area (TPSA) is 98.1 Å². The fraction of sp³-hybridized carbons (Fsp3) is 0.567. The number of aromatic nitrogens is 1. The minimum Gasteiger partial charge on any atom is -0.503 e. The molecule has 3 atom stereocenters. The predicted octanol–water partition coefficient (Wildman–Crippen LogP) is 2.90. The van der Waals surface area contributed by atoms with Gasteiger partial charge in [-0.25, -0.2) is 8.78 Å². The van der Waals surface area contributed by atoms with Crippen LogP contribution in [0.15, 0.2) is 29.2 Å². The van der Waals surface area contributed by atoms with Crippen LogP contribution in [-0.4, -0.2) is 81.1 Å². The zero-order chi connectivity index (χ0) is 28.7. The van der Waals surface area contributed by atoms with Crippen molar-refractivity contribution in [3.05, 3.63) is 63.1 Å². The molecule has 2 N–H and O–H groups in total. The van der Waals surface area contributed by atoms with E-state index in [1.807, 2.05) is 4.90 Å². The van der Waals surface area contributed by atoms with Crippen molar-refractivity contribution in [2.45, 2.75) is 70.2 Å². The van der Waals surface area contributed by atoms with Crippen molar-refractivity contribution in [3.63, 3.8) is 0 Å². The number of carbonyl (C=O) groups excluding carboxylic acids is 2. The van der Waals surface area contributed by atoms with Gasteiger partial charge in [0.05, 0.1) is 6.54 Å². The van der Waals surface area contributed by atoms with Crippen LogP contribution in [-0.2, 0) is 13.1 Å². The van der Waals surface area contributed by atoms with E-state index in [1.165, 1.54) is 29.7 Å². The standard InChI is InChI=1S/C30H37F2N5O4/c31-21-9-8-19(23(32)14-21)15-33-29(40)22-17-36-18-25-35(13-12-34-10-4-5-11-34)16-20-6-2-1-3-7-24(20)37(25)30(41)26(36)28(39)27(22)38/h8-9,14,17,20,24-25,39H,1-7,10-13,15-16,18H2,(H,33,40)/t20-,24-,25-/m0/s1. The first kappa shape index (κ1) is 27.8. The Morgan fingerprint density at radius 1 is 1.00 bits per heavy atom. The molecule has 0 bridgehead atoms. The lowest BCUT2D eigenvalue weighted by Crippen LogP contribution is -2.67. The van der Waals surface area contributed by atoms with Gasteiger partial charge in [-0.05, 0) is 50.8 Å². The average Bonchev–Trinajstić information content (AvgIpc) is 3.36. The van der Waals surface area contributed by atoms with Gasteiger partial charge in [-0.2, -0.15) is 0 Å². The van der Waals surface area contributed by atoms with Crippen LogP contribution in [0.25, 0.3) is 0 Å². The summed E-state index contributed by atoms with van der Waals surface area (Å²) in [6, 6.07) is 3.07. The van der Waals surface area contributed by atoms with Crippen molar-refractivity contribution in [1.29, 1.82) is 0 Å². The van der Waals surface area contributed by atoms with Crippen LogP contribution in [0.4, 0.5) is 8.78 Å². The largest absolute Gasteiger partial charge is 0.503 e. The molecule has 3 fully saturated rings. The van der Waals surface area contributed by atoms with Crippen LogP contribution in [0.1, 0.15) is 71.4 Å². The number of benzene rings is 1. The van der Waals surface area contributed by atoms with E-state index >= 15 is 0 Å². The highest BCUT2D eigenvalue weighted by atomic mass is 19.1. The molecule has 0 radical (unpaired) electrons. The second-order valence-electron chi connectivity index (χ2n) is 11.8. The fourth-order valence-electron chi connectivity index (χ4n) is 7.18. The van der Waals surface area contributed by atoms with Crippen LogP contribution < -0.4 is 10.7 Å². The molecule has 3 aliphatic heterocycles. The summed E-state index contributed by atoms with van der Waals surface area (Å²) < 4.78 is 28.9. The molecule has 9 nitrogen and oxygen atoms in total. The Hall–Kier alpha value is -3.31. The van der Waals surface area contributed by atoms with Gasteiger partial charge in [0.15, 0.2) is 11.4 Å². The molecule has 4 heterocycles. The highest BCUT2D eigenvalue weighted by Crippen LogP contribution is 2.38. The Bertz CT molecular complexity index is 1390. The number of carbonyl (C=O) groups is 2. The van der Waals surface area contributed by atoms with Crippen LogP contribution >= 0.6 is 0 Å². The lowest BCUT2D eigenvalue weighted by Gasteiger charge is -2.54. The number of pyridine rings is 1. The highest BCUT2D eigenvalue weighted by Gasteiger charge is 2.48. The SMILES string of the molecule is O=C(NCc1ccc(F)cc1F)c1cn2c(c(O)c1=O)C(=O)N1[C@H]3CCCCC[C@H]3CN(CCN3CCCC3)[C@@H]1C2. The predicted molar refractivity (Wildman–Crippen MR) is 147 cm³/mol. The third-order valence-corrected chi connectivity index (χ3v) is 9.34. The first-order chi connectivity index (χ1) is 19.8. The van der Waals surface area contributed by atoms with Gasteiger partial charge < -0.3 is 24.8 Å². The first-order valence-electron chi connectivity index (χ1n) is 14.8. The number of aromatic hydroxyl groups is 1. The molecule has 2 aromatic rings. The van der Waals surface area contributed by atoms with Crippen molar-refractivity contribution in [2.24, 2.45) is 5.92 Å². The van der Waals surface area contributed by atoms with Gasteiger partial charge in [-0.3, -0.25) is 19.3 Å². The van der Waals surface area contributed by atoms with E-state index in [0.717, 1.165) is 77.0 Å². The maximum absolute atomic E-state index is 14.1. The maximum Gasteiger partial charge on any atom is 0.276 e. The molecule has 0 spiro atoms. The zero-order valence-electron chi connectivity index (χ0n) is 23.2. The molecule has 1 aromatic carbocycles. The molecule has 4 aliphatic rings. The zero-order valence-corrected chi connectivity index (χ0v) is 23.2. The average molecular weight is 570 g/mol. The molecule has 11 heteroatoms. The van der Waals surface area contributed by atoms with E-state index in [2.05, 4.69) is 15.1 Å². The summed E-state index contributed by atoms with van der Waals surface area (Å²) >= 11 is 0. The monoisotopic (exact) mass is 569 g/mol. The normalized spacial score (nSPS) is 24.9.